The molecule has 0 fully saturated rings. The van der Waals surface area contributed by atoms with E-state index in [1.54, 1.807) is 38.1 Å². The summed E-state index contributed by atoms with van der Waals surface area (Å²) in [6.45, 7) is 4.16. The number of hydrogen-bond acceptors (Lipinski definition) is 7. The lowest BCUT2D eigenvalue weighted by atomic mass is 9.78. The first-order valence-electron chi connectivity index (χ1n) is 8.85. The van der Waals surface area contributed by atoms with Crippen molar-refractivity contribution in [2.24, 2.45) is 5.73 Å². The topological polar surface area (TPSA) is 108 Å². The summed E-state index contributed by atoms with van der Waals surface area (Å²) in [5.41, 5.74) is 7.21. The number of nitrogens with two attached hydrogens (primary N) is 1. The molecule has 3 N–H and O–H groups in total. The van der Waals surface area contributed by atoms with E-state index in [2.05, 4.69) is 5.32 Å². The number of esters is 1. The number of ketones is 1. The maximum absolute atomic E-state index is 12.8. The Morgan fingerprint density at radius 3 is 2.61 bits per heavy atom. The summed E-state index contributed by atoms with van der Waals surface area (Å²) in [7, 11) is 0. The molecule has 2 rings (SSSR count). The standard InChI is InChI=1S/C20H23ClN2O5/c1-3-28-20(26)19-15(11-27-9-8-22)23-12(2)17(16(25)10-24)18(19)13-6-4-5-7-14(13)21/h4-7,10,18,23H,3,8-9,11,22H2,1-2H3. The number of hydrogen-bond donors (Lipinski definition) is 2. The van der Waals surface area contributed by atoms with Gasteiger partial charge < -0.3 is 20.5 Å². The molecule has 150 valence electrons. The molecule has 1 atom stereocenters. The lowest BCUT2D eigenvalue weighted by Gasteiger charge is -2.31. The number of nitrogens with one attached hydrogen (secondary N) is 1. The van der Waals surface area contributed by atoms with Crippen LogP contribution in [0.1, 0.15) is 25.3 Å². The highest BCUT2D eigenvalue weighted by Gasteiger charge is 2.38. The second-order valence-electron chi connectivity index (χ2n) is 6.05. The van der Waals surface area contributed by atoms with E-state index in [-0.39, 0.29) is 30.6 Å². The average Bonchev–Trinajstić information content (AvgIpc) is 2.67. The van der Waals surface area contributed by atoms with E-state index < -0.39 is 17.7 Å². The largest absolute Gasteiger partial charge is 0.463 e. The van der Waals surface area contributed by atoms with Gasteiger partial charge in [-0.3, -0.25) is 9.59 Å². The third kappa shape index (κ3) is 4.67. The predicted octanol–water partition coefficient (Wildman–Crippen LogP) is 1.86. The van der Waals surface area contributed by atoms with E-state index >= 15 is 0 Å². The Morgan fingerprint density at radius 1 is 1.29 bits per heavy atom. The average molecular weight is 407 g/mol. The number of rotatable bonds is 9. The molecule has 0 aromatic heterocycles. The van der Waals surface area contributed by atoms with Gasteiger partial charge in [-0.05, 0) is 25.5 Å². The van der Waals surface area contributed by atoms with Gasteiger partial charge in [-0.1, -0.05) is 29.8 Å². The van der Waals surface area contributed by atoms with Crippen LogP contribution in [0.3, 0.4) is 0 Å². The lowest BCUT2D eigenvalue weighted by Crippen LogP contribution is -2.35. The highest BCUT2D eigenvalue weighted by molar-refractivity contribution is 6.35. The van der Waals surface area contributed by atoms with Gasteiger partial charge in [0.2, 0.25) is 5.78 Å². The minimum Gasteiger partial charge on any atom is -0.463 e. The molecule has 0 aliphatic carbocycles. The Morgan fingerprint density at radius 2 is 2.00 bits per heavy atom. The van der Waals surface area contributed by atoms with Crippen molar-refractivity contribution in [3.63, 3.8) is 0 Å². The molecule has 8 heteroatoms. The predicted molar refractivity (Wildman–Crippen MR) is 105 cm³/mol. The Labute approximate surface area is 168 Å². The molecule has 28 heavy (non-hydrogen) atoms. The molecule has 0 amide bonds. The number of benzene rings is 1. The molecule has 1 aromatic carbocycles. The van der Waals surface area contributed by atoms with E-state index in [1.807, 2.05) is 0 Å². The maximum atomic E-state index is 12.8. The highest BCUT2D eigenvalue weighted by atomic mass is 35.5. The van der Waals surface area contributed by atoms with Crippen molar-refractivity contribution >= 4 is 29.6 Å². The summed E-state index contributed by atoms with van der Waals surface area (Å²) >= 11 is 6.37. The van der Waals surface area contributed by atoms with Crippen LogP contribution in [0.4, 0.5) is 0 Å². The molecule has 1 aliphatic rings. The fraction of sp³-hybridized carbons (Fsp3) is 0.350. The fourth-order valence-electron chi connectivity index (χ4n) is 3.13. The quantitative estimate of drug-likeness (QED) is 0.279. The number of allylic oxidation sites excluding steroid dienone is 2. The number of carbonyl (C=O) groups excluding carboxylic acids is 3. The molecule has 0 bridgehead atoms. The van der Waals surface area contributed by atoms with Crippen molar-refractivity contribution in [2.75, 3.05) is 26.4 Å². The van der Waals surface area contributed by atoms with E-state index in [0.717, 1.165) is 0 Å². The van der Waals surface area contributed by atoms with Crippen LogP contribution < -0.4 is 11.1 Å². The number of halogens is 1. The number of Topliss-reactive ketones (excluding diaryl/α,β-unsaturated/α-hetero) is 1. The summed E-state index contributed by atoms with van der Waals surface area (Å²) in [6.07, 6.45) is 0.225. The Balaban J connectivity index is 2.69. The van der Waals surface area contributed by atoms with Crippen LogP contribution in [-0.4, -0.2) is 44.4 Å². The smallest absolute Gasteiger partial charge is 0.336 e. The molecule has 7 nitrogen and oxygen atoms in total. The zero-order valence-corrected chi connectivity index (χ0v) is 16.5. The second-order valence-corrected chi connectivity index (χ2v) is 6.46. The molecule has 1 aliphatic heterocycles. The third-order valence-electron chi connectivity index (χ3n) is 4.24. The van der Waals surface area contributed by atoms with Gasteiger partial charge in [-0.25, -0.2) is 4.79 Å². The van der Waals surface area contributed by atoms with Crippen molar-refractivity contribution < 1.29 is 23.9 Å². The van der Waals surface area contributed by atoms with E-state index in [9.17, 15) is 14.4 Å². The first-order chi connectivity index (χ1) is 13.5. The third-order valence-corrected chi connectivity index (χ3v) is 4.58. The van der Waals surface area contributed by atoms with E-state index in [4.69, 9.17) is 26.8 Å². The van der Waals surface area contributed by atoms with Gasteiger partial charge in [-0.15, -0.1) is 0 Å². The van der Waals surface area contributed by atoms with Gasteiger partial charge >= 0.3 is 5.97 Å². The van der Waals surface area contributed by atoms with Crippen LogP contribution in [0.5, 0.6) is 0 Å². The first-order valence-corrected chi connectivity index (χ1v) is 9.23. The molecular formula is C20H23ClN2O5. The summed E-state index contributed by atoms with van der Waals surface area (Å²) in [5.74, 6) is -2.21. The molecule has 0 saturated carbocycles. The number of dihydropyridines is 1. The second kappa shape index (κ2) is 10.2. The monoisotopic (exact) mass is 406 g/mol. The molecule has 1 aromatic rings. The molecule has 1 unspecified atom stereocenters. The molecule has 0 radical (unpaired) electrons. The number of ether oxygens (including phenoxy) is 2. The summed E-state index contributed by atoms with van der Waals surface area (Å²) in [5, 5.41) is 3.38. The summed E-state index contributed by atoms with van der Waals surface area (Å²) in [6, 6.07) is 6.85. The van der Waals surface area contributed by atoms with Gasteiger partial charge in [0.1, 0.15) is 0 Å². The fourth-order valence-corrected chi connectivity index (χ4v) is 3.37. The highest BCUT2D eigenvalue weighted by Crippen LogP contribution is 2.41. The normalized spacial score (nSPS) is 16.6. The van der Waals surface area contributed by atoms with Crippen LogP contribution in [0, 0.1) is 0 Å². The Kier molecular flexibility index (Phi) is 7.92. The minimum absolute atomic E-state index is 0.0617. The summed E-state index contributed by atoms with van der Waals surface area (Å²) < 4.78 is 10.7. The molecule has 0 spiro atoms. The summed E-state index contributed by atoms with van der Waals surface area (Å²) in [4.78, 5) is 36.6. The van der Waals surface area contributed by atoms with Crippen LogP contribution >= 0.6 is 11.6 Å². The van der Waals surface area contributed by atoms with Gasteiger partial charge in [0.05, 0.1) is 37.0 Å². The van der Waals surface area contributed by atoms with Crippen LogP contribution in [0.15, 0.2) is 46.8 Å². The van der Waals surface area contributed by atoms with E-state index in [1.165, 1.54) is 0 Å². The lowest BCUT2D eigenvalue weighted by molar-refractivity contribution is -0.139. The SMILES string of the molecule is CCOC(=O)C1=C(COCCN)NC(C)=C(C(=O)C=O)C1c1ccccc1Cl. The van der Waals surface area contributed by atoms with Crippen LogP contribution in [0.2, 0.25) is 5.02 Å². The Hall–Kier alpha value is -2.48. The molecular weight excluding hydrogens is 384 g/mol. The molecule has 0 saturated heterocycles. The van der Waals surface area contributed by atoms with Crippen LogP contribution in [0.25, 0.3) is 0 Å². The zero-order valence-electron chi connectivity index (χ0n) is 15.8. The Bertz CT molecular complexity index is 832. The van der Waals surface area contributed by atoms with E-state index in [0.29, 0.717) is 35.1 Å². The molecule has 1 heterocycles. The van der Waals surface area contributed by atoms with Gasteiger partial charge in [0.15, 0.2) is 6.29 Å². The van der Waals surface area contributed by atoms with Crippen molar-refractivity contribution in [3.8, 4) is 0 Å². The van der Waals surface area contributed by atoms with Gasteiger partial charge in [0.25, 0.3) is 0 Å². The zero-order chi connectivity index (χ0) is 20.7. The minimum atomic E-state index is -0.858. The maximum Gasteiger partial charge on any atom is 0.336 e. The number of carbonyl (C=O) groups is 3. The van der Waals surface area contributed by atoms with Crippen molar-refractivity contribution in [1.82, 2.24) is 5.32 Å². The first kappa shape index (κ1) is 21.8. The van der Waals surface area contributed by atoms with Gasteiger partial charge in [0, 0.05) is 22.8 Å². The van der Waals surface area contributed by atoms with Crippen molar-refractivity contribution in [2.45, 2.75) is 19.8 Å². The van der Waals surface area contributed by atoms with Gasteiger partial charge in [-0.2, -0.15) is 0 Å². The number of aldehydes is 1. The van der Waals surface area contributed by atoms with Crippen molar-refractivity contribution in [3.05, 3.63) is 57.4 Å². The van der Waals surface area contributed by atoms with Crippen LogP contribution in [-0.2, 0) is 23.9 Å². The van der Waals surface area contributed by atoms with Crippen molar-refractivity contribution in [1.29, 1.82) is 0 Å².